The Labute approximate surface area is 95.3 Å². The van der Waals surface area contributed by atoms with Gasteiger partial charge in [-0.05, 0) is 30.0 Å². The summed E-state index contributed by atoms with van der Waals surface area (Å²) in [6, 6.07) is 6.10. The average Bonchev–Trinajstić information content (AvgIpc) is 2.66. The first kappa shape index (κ1) is 9.85. The van der Waals surface area contributed by atoms with Gasteiger partial charge in [0.2, 0.25) is 0 Å². The van der Waals surface area contributed by atoms with Gasteiger partial charge < -0.3 is 10.1 Å². The quantitative estimate of drug-likeness (QED) is 0.833. The van der Waals surface area contributed by atoms with Crippen LogP contribution in [0.25, 0.3) is 5.65 Å². The summed E-state index contributed by atoms with van der Waals surface area (Å²) >= 11 is 0. The minimum Gasteiger partial charge on any atom is -0.330 e. The summed E-state index contributed by atoms with van der Waals surface area (Å²) < 4.78 is 2.18. The fraction of sp³-hybridized carbons (Fsp3) is 0.462. The zero-order valence-corrected chi connectivity index (χ0v) is 9.72. The number of hydrogen-bond donors (Lipinski definition) is 1. The van der Waals surface area contributed by atoms with Crippen molar-refractivity contribution < 1.29 is 0 Å². The lowest BCUT2D eigenvalue weighted by molar-refractivity contribution is 0.557. The molecule has 1 aliphatic carbocycles. The van der Waals surface area contributed by atoms with E-state index in [-0.39, 0.29) is 0 Å². The van der Waals surface area contributed by atoms with E-state index in [1.54, 1.807) is 0 Å². The van der Waals surface area contributed by atoms with Crippen LogP contribution in [-0.4, -0.2) is 15.9 Å². The van der Waals surface area contributed by atoms with Crippen LogP contribution < -0.4 is 5.73 Å². The maximum absolute atomic E-state index is 5.82. The van der Waals surface area contributed by atoms with Crippen molar-refractivity contribution in [3.8, 4) is 0 Å². The van der Waals surface area contributed by atoms with Gasteiger partial charge in [0.15, 0.2) is 0 Å². The molecule has 0 amide bonds. The molecule has 3 rings (SSSR count). The fourth-order valence-corrected chi connectivity index (χ4v) is 2.95. The molecular weight excluding hydrogens is 198 g/mol. The Morgan fingerprint density at radius 3 is 2.94 bits per heavy atom. The molecule has 0 saturated heterocycles. The number of nitrogens with two attached hydrogens (primary N) is 1. The first-order valence-electron chi connectivity index (χ1n) is 5.78. The van der Waals surface area contributed by atoms with Gasteiger partial charge in [-0.3, -0.25) is 0 Å². The van der Waals surface area contributed by atoms with Crippen LogP contribution in [0, 0.1) is 11.3 Å². The molecule has 2 atom stereocenters. The van der Waals surface area contributed by atoms with Crippen molar-refractivity contribution in [2.24, 2.45) is 17.1 Å². The van der Waals surface area contributed by atoms with Crippen molar-refractivity contribution in [1.82, 2.24) is 9.38 Å². The monoisotopic (exact) mass is 215 g/mol. The van der Waals surface area contributed by atoms with Crippen LogP contribution in [-0.2, 0) is 0 Å². The molecule has 0 radical (unpaired) electrons. The molecule has 16 heavy (non-hydrogen) atoms. The molecule has 2 heterocycles. The molecule has 0 unspecified atom stereocenters. The van der Waals surface area contributed by atoms with Crippen molar-refractivity contribution >= 4 is 5.65 Å². The maximum atomic E-state index is 5.82. The van der Waals surface area contributed by atoms with Crippen LogP contribution in [0.3, 0.4) is 0 Å². The Balaban J connectivity index is 2.08. The smallest absolute Gasteiger partial charge is 0.136 e. The number of fused-ring (bicyclic) bond motifs is 1. The first-order chi connectivity index (χ1) is 7.66. The minimum absolute atomic E-state index is 0.320. The van der Waals surface area contributed by atoms with Crippen LogP contribution in [0.1, 0.15) is 25.5 Å². The third-order valence-electron chi connectivity index (χ3n) is 4.07. The van der Waals surface area contributed by atoms with Crippen LogP contribution in [0.15, 0.2) is 30.6 Å². The van der Waals surface area contributed by atoms with Gasteiger partial charge in [-0.15, -0.1) is 0 Å². The highest BCUT2D eigenvalue weighted by Crippen LogP contribution is 2.63. The zero-order valence-electron chi connectivity index (χ0n) is 9.72. The Kier molecular flexibility index (Phi) is 1.89. The predicted molar refractivity (Wildman–Crippen MR) is 64.3 cm³/mol. The highest BCUT2D eigenvalue weighted by molar-refractivity contribution is 5.43. The van der Waals surface area contributed by atoms with Gasteiger partial charge in [0.25, 0.3) is 0 Å². The van der Waals surface area contributed by atoms with Crippen LogP contribution >= 0.6 is 0 Å². The molecule has 2 aromatic heterocycles. The van der Waals surface area contributed by atoms with Gasteiger partial charge >= 0.3 is 0 Å². The Morgan fingerprint density at radius 2 is 2.25 bits per heavy atom. The second-order valence-electron chi connectivity index (χ2n) is 5.25. The summed E-state index contributed by atoms with van der Waals surface area (Å²) in [6.07, 6.45) is 4.08. The first-order valence-corrected chi connectivity index (χ1v) is 5.78. The van der Waals surface area contributed by atoms with Gasteiger partial charge in [0.1, 0.15) is 5.65 Å². The number of hydrogen-bond acceptors (Lipinski definition) is 2. The van der Waals surface area contributed by atoms with Crippen LogP contribution in [0.2, 0.25) is 0 Å². The molecule has 0 aromatic carbocycles. The molecular formula is C13H17N3. The fourth-order valence-electron chi connectivity index (χ4n) is 2.95. The lowest BCUT2D eigenvalue weighted by Gasteiger charge is -2.02. The Hall–Kier alpha value is -1.35. The van der Waals surface area contributed by atoms with Gasteiger partial charge in [-0.1, -0.05) is 19.9 Å². The van der Waals surface area contributed by atoms with Gasteiger partial charge in [0, 0.05) is 24.0 Å². The predicted octanol–water partition coefficient (Wildman–Crippen LogP) is 2.03. The van der Waals surface area contributed by atoms with Gasteiger partial charge in [0.05, 0.1) is 0 Å². The summed E-state index contributed by atoms with van der Waals surface area (Å²) in [6.45, 7) is 5.34. The molecule has 1 aliphatic rings. The van der Waals surface area contributed by atoms with Crippen molar-refractivity contribution in [1.29, 1.82) is 0 Å². The largest absolute Gasteiger partial charge is 0.330 e. The van der Waals surface area contributed by atoms with E-state index in [0.29, 0.717) is 17.3 Å². The summed E-state index contributed by atoms with van der Waals surface area (Å²) in [5, 5.41) is 0. The van der Waals surface area contributed by atoms with E-state index in [1.165, 1.54) is 5.69 Å². The summed E-state index contributed by atoms with van der Waals surface area (Å²) in [5.41, 5.74) is 8.47. The van der Waals surface area contributed by atoms with E-state index < -0.39 is 0 Å². The second-order valence-corrected chi connectivity index (χ2v) is 5.25. The molecule has 1 fully saturated rings. The third kappa shape index (κ3) is 1.15. The number of pyridine rings is 1. The van der Waals surface area contributed by atoms with Gasteiger partial charge in [-0.2, -0.15) is 0 Å². The average molecular weight is 215 g/mol. The highest BCUT2D eigenvalue weighted by Gasteiger charge is 2.58. The number of imidazole rings is 1. The summed E-state index contributed by atoms with van der Waals surface area (Å²) in [5.74, 6) is 1.14. The molecule has 0 bridgehead atoms. The minimum atomic E-state index is 0.320. The van der Waals surface area contributed by atoms with E-state index in [2.05, 4.69) is 29.4 Å². The molecule has 2 N–H and O–H groups in total. The van der Waals surface area contributed by atoms with Crippen molar-refractivity contribution in [2.45, 2.75) is 19.8 Å². The molecule has 3 heteroatoms. The summed E-state index contributed by atoms with van der Waals surface area (Å²) in [7, 11) is 0. The van der Waals surface area contributed by atoms with E-state index >= 15 is 0 Å². The molecule has 3 nitrogen and oxygen atoms in total. The standard InChI is InChI=1S/C13H17N3/c1-13(2)9(7-14)12(13)10-8-15-11-5-3-4-6-16(10)11/h3-6,8-9,12H,7,14H2,1-2H3/t9-,12+/m1/s1. The molecule has 2 aromatic rings. The van der Waals surface area contributed by atoms with E-state index in [4.69, 9.17) is 5.73 Å². The molecule has 0 spiro atoms. The SMILES string of the molecule is CC1(C)[C@H](CN)[C@H]1c1cnc2ccccn12. The third-order valence-corrected chi connectivity index (χ3v) is 4.07. The van der Waals surface area contributed by atoms with Crippen molar-refractivity contribution in [2.75, 3.05) is 6.54 Å². The maximum Gasteiger partial charge on any atom is 0.136 e. The van der Waals surface area contributed by atoms with E-state index in [0.717, 1.165) is 12.2 Å². The zero-order chi connectivity index (χ0) is 11.3. The van der Waals surface area contributed by atoms with Crippen LogP contribution in [0.4, 0.5) is 0 Å². The lowest BCUT2D eigenvalue weighted by atomic mass is 10.1. The highest BCUT2D eigenvalue weighted by atomic mass is 15.0. The van der Waals surface area contributed by atoms with Crippen molar-refractivity contribution in [3.63, 3.8) is 0 Å². The Morgan fingerprint density at radius 1 is 1.44 bits per heavy atom. The van der Waals surface area contributed by atoms with Crippen molar-refractivity contribution in [3.05, 3.63) is 36.3 Å². The second kappa shape index (κ2) is 3.08. The molecule has 84 valence electrons. The number of nitrogens with zero attached hydrogens (tertiary/aromatic N) is 2. The normalized spacial score (nSPS) is 27.2. The topological polar surface area (TPSA) is 43.3 Å². The molecule has 0 aliphatic heterocycles. The Bertz CT molecular complexity index is 527. The number of rotatable bonds is 2. The van der Waals surface area contributed by atoms with E-state index in [1.807, 2.05) is 24.4 Å². The van der Waals surface area contributed by atoms with E-state index in [9.17, 15) is 0 Å². The molecule has 1 saturated carbocycles. The summed E-state index contributed by atoms with van der Waals surface area (Å²) in [4.78, 5) is 4.44. The van der Waals surface area contributed by atoms with Gasteiger partial charge in [-0.25, -0.2) is 4.98 Å². The van der Waals surface area contributed by atoms with Crippen LogP contribution in [0.5, 0.6) is 0 Å². The number of aromatic nitrogens is 2. The lowest BCUT2D eigenvalue weighted by Crippen LogP contribution is -2.05.